The van der Waals surface area contributed by atoms with Crippen molar-refractivity contribution in [2.45, 2.75) is 51.4 Å². The largest absolute Gasteiger partial charge is 0.460 e. The summed E-state index contributed by atoms with van der Waals surface area (Å²) in [6.07, 6.45) is -13.1. The third-order valence-corrected chi connectivity index (χ3v) is 5.81. The Kier molecular flexibility index (Phi) is 7.12. The molecule has 38 heavy (non-hydrogen) atoms. The van der Waals surface area contributed by atoms with Crippen LogP contribution in [-0.4, -0.2) is 57.2 Å². The highest BCUT2D eigenvalue weighted by molar-refractivity contribution is 5.94. The summed E-state index contributed by atoms with van der Waals surface area (Å²) in [5.74, 6) is -1.11. The number of hydrogen-bond acceptors (Lipinski definition) is 6. The topological polar surface area (TPSA) is 97.4 Å². The number of aromatic nitrogens is 3. The van der Waals surface area contributed by atoms with Crippen molar-refractivity contribution in [2.24, 2.45) is 0 Å². The summed E-state index contributed by atoms with van der Waals surface area (Å²) in [5, 5.41) is -0.473. The van der Waals surface area contributed by atoms with E-state index < -0.39 is 57.8 Å². The predicted octanol–water partition coefficient (Wildman–Crippen LogP) is 4.58. The molecule has 0 unspecified atom stereocenters. The Morgan fingerprint density at radius 1 is 1.13 bits per heavy atom. The number of carbonyl (C=O) groups is 1. The van der Waals surface area contributed by atoms with Gasteiger partial charge in [0.2, 0.25) is 12.0 Å². The van der Waals surface area contributed by atoms with Gasteiger partial charge in [0.25, 0.3) is 11.5 Å². The number of morpholine rings is 1. The van der Waals surface area contributed by atoms with Gasteiger partial charge in [0.15, 0.2) is 0 Å². The second kappa shape index (κ2) is 9.89. The number of nitrogens with one attached hydrogen (secondary N) is 1. The number of pyridine rings is 1. The van der Waals surface area contributed by atoms with E-state index in [1.54, 1.807) is 13.8 Å². The second-order valence-electron chi connectivity index (χ2n) is 9.00. The number of carbonyl (C=O) groups excluding carboxylic acids is 1. The quantitative estimate of drug-likeness (QED) is 0.484. The zero-order chi connectivity index (χ0) is 28.0. The van der Waals surface area contributed by atoms with Crippen LogP contribution in [0.2, 0.25) is 0 Å². The normalized spacial score (nSPS) is 19.4. The fourth-order valence-corrected chi connectivity index (χ4v) is 4.31. The van der Waals surface area contributed by atoms with Gasteiger partial charge in [-0.05, 0) is 39.0 Å². The van der Waals surface area contributed by atoms with Gasteiger partial charge in [-0.15, -0.1) is 0 Å². The molecule has 1 N–H and O–H groups in total. The van der Waals surface area contributed by atoms with E-state index in [0.717, 1.165) is 12.3 Å². The molecule has 8 nitrogen and oxygen atoms in total. The highest BCUT2D eigenvalue weighted by atomic mass is 19.4. The number of fused-ring (bicyclic) bond motifs is 1. The van der Waals surface area contributed by atoms with Crippen LogP contribution in [0.3, 0.4) is 0 Å². The Hall–Kier alpha value is -3.68. The maximum Gasteiger partial charge on any atom is 0.429 e. The number of hydrogen-bond donors (Lipinski definition) is 1. The van der Waals surface area contributed by atoms with Crippen LogP contribution in [0.25, 0.3) is 10.9 Å². The Labute approximate surface area is 211 Å². The lowest BCUT2D eigenvalue weighted by atomic mass is 9.98. The first-order valence-corrected chi connectivity index (χ1v) is 11.4. The Balaban J connectivity index is 1.70. The zero-order valence-electron chi connectivity index (χ0n) is 20.3. The molecular formula is C24H22F6N4O4. The van der Waals surface area contributed by atoms with Crippen LogP contribution in [0, 0.1) is 6.92 Å². The SMILES string of the molecule is Cc1nc2cc(C(F)(F)F)c([C@@H](Oc3ccc(C(=O)N4C[C@@H](C)O[C@@H](C)C4)cn3)C(F)(F)F)cc2c(=O)[nH]1. The maximum atomic E-state index is 14.1. The molecule has 14 heteroatoms. The molecule has 1 amide bonds. The van der Waals surface area contributed by atoms with Gasteiger partial charge in [0.1, 0.15) is 5.82 Å². The standard InChI is InChI=1S/C24H22F6N4O4/c1-11-9-34(10-12(2)37-11)22(36)14-4-5-19(31-8-14)38-20(24(28,29)30)15-6-16-18(7-17(15)23(25,26)27)32-13(3)33-21(16)35/h4-8,11-12,20H,9-10H2,1-3H3,(H,32,33,35)/t11-,12+,20-/m1/s1. The van der Waals surface area contributed by atoms with Crippen LogP contribution in [0.4, 0.5) is 26.3 Å². The van der Waals surface area contributed by atoms with Crippen LogP contribution in [0.5, 0.6) is 5.88 Å². The number of benzene rings is 1. The summed E-state index contributed by atoms with van der Waals surface area (Å²) in [7, 11) is 0. The number of alkyl halides is 6. The number of aromatic amines is 1. The van der Waals surface area contributed by atoms with E-state index in [9.17, 15) is 35.9 Å². The average Bonchev–Trinajstić information content (AvgIpc) is 2.80. The molecule has 1 aliphatic heterocycles. The minimum absolute atomic E-state index is 0.00757. The van der Waals surface area contributed by atoms with Gasteiger partial charge in [-0.3, -0.25) is 9.59 Å². The van der Waals surface area contributed by atoms with Gasteiger partial charge in [-0.2, -0.15) is 26.3 Å². The molecule has 2 aromatic heterocycles. The van der Waals surface area contributed by atoms with E-state index in [4.69, 9.17) is 9.47 Å². The van der Waals surface area contributed by atoms with Crippen molar-refractivity contribution >= 4 is 16.8 Å². The first-order chi connectivity index (χ1) is 17.6. The molecule has 1 aliphatic rings. The van der Waals surface area contributed by atoms with Crippen molar-refractivity contribution in [2.75, 3.05) is 13.1 Å². The number of ether oxygens (including phenoxy) is 2. The first kappa shape index (κ1) is 27.4. The number of H-pyrrole nitrogens is 1. The molecule has 1 aromatic carbocycles. The Morgan fingerprint density at radius 3 is 2.34 bits per heavy atom. The molecule has 0 spiro atoms. The summed E-state index contributed by atoms with van der Waals surface area (Å²) in [6.45, 7) is 5.50. The highest BCUT2D eigenvalue weighted by Crippen LogP contribution is 2.43. The Morgan fingerprint density at radius 2 is 1.79 bits per heavy atom. The molecule has 1 fully saturated rings. The van der Waals surface area contributed by atoms with Crippen molar-refractivity contribution in [1.82, 2.24) is 19.9 Å². The summed E-state index contributed by atoms with van der Waals surface area (Å²) in [4.78, 5) is 36.3. The minimum atomic E-state index is -5.32. The summed E-state index contributed by atoms with van der Waals surface area (Å²) in [5.41, 5.74) is -4.26. The van der Waals surface area contributed by atoms with E-state index in [-0.39, 0.29) is 23.6 Å². The van der Waals surface area contributed by atoms with Gasteiger partial charge in [0.05, 0.1) is 34.2 Å². The van der Waals surface area contributed by atoms with Crippen LogP contribution in [-0.2, 0) is 10.9 Å². The summed E-state index contributed by atoms with van der Waals surface area (Å²) >= 11 is 0. The van der Waals surface area contributed by atoms with E-state index in [0.29, 0.717) is 25.2 Å². The first-order valence-electron chi connectivity index (χ1n) is 11.4. The molecular weight excluding hydrogens is 522 g/mol. The molecule has 3 atom stereocenters. The number of rotatable bonds is 4. The molecule has 3 aromatic rings. The van der Waals surface area contributed by atoms with Crippen molar-refractivity contribution in [3.63, 3.8) is 0 Å². The molecule has 4 rings (SSSR count). The van der Waals surface area contributed by atoms with Gasteiger partial charge < -0.3 is 19.4 Å². The lowest BCUT2D eigenvalue weighted by molar-refractivity contribution is -0.201. The van der Waals surface area contributed by atoms with E-state index in [1.807, 2.05) is 0 Å². The lowest BCUT2D eigenvalue weighted by Crippen LogP contribution is -2.48. The number of nitrogens with zero attached hydrogens (tertiary/aromatic N) is 3. The smallest absolute Gasteiger partial charge is 0.429 e. The molecule has 1 saturated heterocycles. The van der Waals surface area contributed by atoms with Gasteiger partial charge in [0, 0.05) is 30.9 Å². The second-order valence-corrected chi connectivity index (χ2v) is 9.00. The fraction of sp³-hybridized carbons (Fsp3) is 0.417. The number of aryl methyl sites for hydroxylation is 1. The van der Waals surface area contributed by atoms with Crippen LogP contribution >= 0.6 is 0 Å². The molecule has 0 saturated carbocycles. The van der Waals surface area contributed by atoms with Crippen molar-refractivity contribution < 1.29 is 40.6 Å². The highest BCUT2D eigenvalue weighted by Gasteiger charge is 2.48. The lowest BCUT2D eigenvalue weighted by Gasteiger charge is -2.35. The number of halogens is 6. The van der Waals surface area contributed by atoms with Crippen LogP contribution < -0.4 is 10.3 Å². The summed E-state index contributed by atoms with van der Waals surface area (Å²) in [6, 6.07) is 2.99. The molecule has 0 aliphatic carbocycles. The van der Waals surface area contributed by atoms with Crippen LogP contribution in [0.1, 0.15) is 47.3 Å². The van der Waals surface area contributed by atoms with Gasteiger partial charge in [-0.1, -0.05) is 0 Å². The fourth-order valence-electron chi connectivity index (χ4n) is 4.31. The van der Waals surface area contributed by atoms with Crippen molar-refractivity contribution in [3.8, 4) is 5.88 Å². The predicted molar refractivity (Wildman–Crippen MR) is 122 cm³/mol. The molecule has 0 bridgehead atoms. The molecule has 0 radical (unpaired) electrons. The number of amides is 1. The van der Waals surface area contributed by atoms with Gasteiger partial charge in [-0.25, -0.2) is 9.97 Å². The zero-order valence-corrected chi connectivity index (χ0v) is 20.3. The molecule has 204 valence electrons. The van der Waals surface area contributed by atoms with Crippen LogP contribution in [0.15, 0.2) is 35.3 Å². The van der Waals surface area contributed by atoms with E-state index >= 15 is 0 Å². The maximum absolute atomic E-state index is 14.1. The van der Waals surface area contributed by atoms with Gasteiger partial charge >= 0.3 is 12.4 Å². The summed E-state index contributed by atoms with van der Waals surface area (Å²) < 4.78 is 94.2. The van der Waals surface area contributed by atoms with Crippen molar-refractivity contribution in [1.29, 1.82) is 0 Å². The van der Waals surface area contributed by atoms with E-state index in [2.05, 4.69) is 15.0 Å². The minimum Gasteiger partial charge on any atom is -0.460 e. The van der Waals surface area contributed by atoms with E-state index in [1.165, 1.54) is 17.9 Å². The molecule has 3 heterocycles. The monoisotopic (exact) mass is 544 g/mol. The third-order valence-electron chi connectivity index (χ3n) is 5.81. The van der Waals surface area contributed by atoms with Crippen molar-refractivity contribution in [3.05, 3.63) is 63.3 Å². The Bertz CT molecular complexity index is 1390. The average molecular weight is 544 g/mol. The third kappa shape index (κ3) is 5.74.